The molecule has 0 saturated carbocycles. The number of phenolic OH excluding ortho intramolecular Hbond substituents is 1. The molecule has 0 atom stereocenters. The van der Waals surface area contributed by atoms with Crippen molar-refractivity contribution in [3.05, 3.63) is 17.7 Å². The summed E-state index contributed by atoms with van der Waals surface area (Å²) in [7, 11) is 1.53. The Morgan fingerprint density at radius 1 is 1.46 bits per heavy atom. The van der Waals surface area contributed by atoms with Crippen LogP contribution in [0, 0.1) is 6.92 Å². The number of aromatic amines is 1. The van der Waals surface area contributed by atoms with Crippen LogP contribution >= 0.6 is 0 Å². The average molecular weight is 178 g/mol. The van der Waals surface area contributed by atoms with Crippen molar-refractivity contribution in [2.24, 2.45) is 0 Å². The monoisotopic (exact) mass is 178 g/mol. The molecule has 1 aromatic heterocycles. The predicted molar refractivity (Wildman–Crippen MR) is 49.0 cm³/mol. The van der Waals surface area contributed by atoms with Gasteiger partial charge < -0.3 is 14.8 Å². The maximum Gasteiger partial charge on any atom is 0.294 e. The van der Waals surface area contributed by atoms with Crippen LogP contribution in [-0.2, 0) is 0 Å². The van der Waals surface area contributed by atoms with Crippen LogP contribution in [0.2, 0.25) is 0 Å². The number of nitrogens with zero attached hydrogens (tertiary/aromatic N) is 1. The van der Waals surface area contributed by atoms with Crippen LogP contribution in [-0.4, -0.2) is 22.2 Å². The second kappa shape index (κ2) is 2.65. The van der Waals surface area contributed by atoms with Gasteiger partial charge >= 0.3 is 0 Å². The maximum atomic E-state index is 9.63. The maximum absolute atomic E-state index is 9.63. The normalized spacial score (nSPS) is 10.6. The summed E-state index contributed by atoms with van der Waals surface area (Å²) in [5.41, 5.74) is 2.14. The molecule has 0 amide bonds. The zero-order valence-corrected chi connectivity index (χ0v) is 7.46. The number of hydrogen-bond donors (Lipinski definition) is 2. The van der Waals surface area contributed by atoms with E-state index in [1.807, 2.05) is 19.1 Å². The lowest BCUT2D eigenvalue weighted by molar-refractivity contribution is 0.385. The highest BCUT2D eigenvalue weighted by atomic mass is 16.5. The summed E-state index contributed by atoms with van der Waals surface area (Å²) in [6.45, 7) is 1.83. The first-order valence-corrected chi connectivity index (χ1v) is 3.94. The van der Waals surface area contributed by atoms with Gasteiger partial charge in [0.1, 0.15) is 11.3 Å². The molecule has 2 aromatic rings. The molecular formula is C9H10N2O2. The minimum absolute atomic E-state index is 0.206. The molecule has 68 valence electrons. The zero-order chi connectivity index (χ0) is 9.42. The van der Waals surface area contributed by atoms with Gasteiger partial charge in [-0.15, -0.1) is 0 Å². The van der Waals surface area contributed by atoms with Gasteiger partial charge in [-0.05, 0) is 18.6 Å². The first kappa shape index (κ1) is 7.91. The van der Waals surface area contributed by atoms with Crippen molar-refractivity contribution >= 4 is 11.0 Å². The van der Waals surface area contributed by atoms with E-state index >= 15 is 0 Å². The molecule has 0 spiro atoms. The number of rotatable bonds is 1. The first-order valence-electron chi connectivity index (χ1n) is 3.94. The molecule has 2 N–H and O–H groups in total. The van der Waals surface area contributed by atoms with Crippen LogP contribution in [0.3, 0.4) is 0 Å². The number of fused-ring (bicyclic) bond motifs is 1. The molecule has 0 aliphatic carbocycles. The van der Waals surface area contributed by atoms with E-state index in [-0.39, 0.29) is 5.75 Å². The number of ether oxygens (including phenoxy) is 1. The Hall–Kier alpha value is -1.71. The van der Waals surface area contributed by atoms with Crippen molar-refractivity contribution in [2.75, 3.05) is 7.11 Å². The second-order valence-corrected chi connectivity index (χ2v) is 2.87. The van der Waals surface area contributed by atoms with E-state index in [0.29, 0.717) is 11.5 Å². The lowest BCUT2D eigenvalue weighted by atomic mass is 10.2. The molecule has 13 heavy (non-hydrogen) atoms. The number of phenols is 1. The van der Waals surface area contributed by atoms with Crippen molar-refractivity contribution in [3.8, 4) is 11.8 Å². The van der Waals surface area contributed by atoms with Crippen LogP contribution in [0.4, 0.5) is 0 Å². The third-order valence-corrected chi connectivity index (χ3v) is 2.00. The van der Waals surface area contributed by atoms with Gasteiger partial charge in [-0.2, -0.15) is 4.98 Å². The topological polar surface area (TPSA) is 58.1 Å². The van der Waals surface area contributed by atoms with Crippen molar-refractivity contribution in [1.29, 1.82) is 0 Å². The highest BCUT2D eigenvalue weighted by Gasteiger charge is 2.08. The number of hydrogen-bond acceptors (Lipinski definition) is 3. The van der Waals surface area contributed by atoms with Gasteiger partial charge in [-0.3, -0.25) is 0 Å². The number of aryl methyl sites for hydroxylation is 1. The highest BCUT2D eigenvalue weighted by Crippen LogP contribution is 2.27. The van der Waals surface area contributed by atoms with Gasteiger partial charge in [0.2, 0.25) is 0 Å². The molecule has 1 heterocycles. The number of benzene rings is 1. The van der Waals surface area contributed by atoms with Gasteiger partial charge in [-0.1, -0.05) is 6.07 Å². The van der Waals surface area contributed by atoms with E-state index in [9.17, 15) is 5.11 Å². The Labute approximate surface area is 75.2 Å². The molecule has 4 nitrogen and oxygen atoms in total. The number of aromatic hydroxyl groups is 1. The Morgan fingerprint density at radius 2 is 2.23 bits per heavy atom. The Kier molecular flexibility index (Phi) is 1.62. The molecule has 2 rings (SSSR count). The summed E-state index contributed by atoms with van der Waals surface area (Å²) >= 11 is 0. The van der Waals surface area contributed by atoms with E-state index in [4.69, 9.17) is 4.74 Å². The van der Waals surface area contributed by atoms with Crippen LogP contribution in [0.1, 0.15) is 5.56 Å². The fraction of sp³-hybridized carbons (Fsp3) is 0.222. The molecule has 0 unspecified atom stereocenters. The van der Waals surface area contributed by atoms with Crippen molar-refractivity contribution in [2.45, 2.75) is 6.92 Å². The van der Waals surface area contributed by atoms with Gasteiger partial charge in [0.15, 0.2) is 0 Å². The number of H-pyrrole nitrogens is 1. The van der Waals surface area contributed by atoms with Gasteiger partial charge in [0.25, 0.3) is 6.01 Å². The van der Waals surface area contributed by atoms with Gasteiger partial charge in [0, 0.05) is 0 Å². The SMILES string of the molecule is COc1nc2c(O)c(C)ccc2[nH]1. The minimum atomic E-state index is 0.206. The van der Waals surface area contributed by atoms with Crippen molar-refractivity contribution in [3.63, 3.8) is 0 Å². The zero-order valence-electron chi connectivity index (χ0n) is 7.46. The van der Waals surface area contributed by atoms with Crippen LogP contribution < -0.4 is 4.74 Å². The van der Waals surface area contributed by atoms with E-state index in [2.05, 4.69) is 9.97 Å². The Morgan fingerprint density at radius 3 is 2.92 bits per heavy atom. The lowest BCUT2D eigenvalue weighted by Crippen LogP contribution is -1.82. The summed E-state index contributed by atoms with van der Waals surface area (Å²) in [5.74, 6) is 0.206. The molecule has 0 saturated heterocycles. The quantitative estimate of drug-likeness (QED) is 0.697. The van der Waals surface area contributed by atoms with Crippen LogP contribution in [0.5, 0.6) is 11.8 Å². The predicted octanol–water partition coefficient (Wildman–Crippen LogP) is 1.59. The van der Waals surface area contributed by atoms with Crippen molar-refractivity contribution in [1.82, 2.24) is 9.97 Å². The molecule has 0 aliphatic heterocycles. The smallest absolute Gasteiger partial charge is 0.294 e. The molecular weight excluding hydrogens is 168 g/mol. The number of aromatic nitrogens is 2. The Balaban J connectivity index is 2.76. The van der Waals surface area contributed by atoms with Crippen molar-refractivity contribution < 1.29 is 9.84 Å². The summed E-state index contributed by atoms with van der Waals surface area (Å²) in [5, 5.41) is 9.63. The molecule has 0 radical (unpaired) electrons. The molecule has 4 heteroatoms. The summed E-state index contributed by atoms with van der Waals surface area (Å²) < 4.78 is 4.92. The summed E-state index contributed by atoms with van der Waals surface area (Å²) in [6.07, 6.45) is 0. The van der Waals surface area contributed by atoms with Gasteiger partial charge in [0.05, 0.1) is 12.6 Å². The molecule has 0 aliphatic rings. The van der Waals surface area contributed by atoms with Gasteiger partial charge in [-0.25, -0.2) is 0 Å². The molecule has 1 aromatic carbocycles. The minimum Gasteiger partial charge on any atom is -0.505 e. The third-order valence-electron chi connectivity index (χ3n) is 2.00. The largest absolute Gasteiger partial charge is 0.505 e. The van der Waals surface area contributed by atoms with E-state index in [1.165, 1.54) is 7.11 Å². The first-order chi connectivity index (χ1) is 6.22. The number of methoxy groups -OCH3 is 1. The fourth-order valence-electron chi connectivity index (χ4n) is 1.24. The fourth-order valence-corrected chi connectivity index (χ4v) is 1.24. The number of nitrogens with one attached hydrogen (secondary N) is 1. The average Bonchev–Trinajstić information content (AvgIpc) is 2.55. The van der Waals surface area contributed by atoms with E-state index in [0.717, 1.165) is 11.1 Å². The van der Waals surface area contributed by atoms with Crippen LogP contribution in [0.15, 0.2) is 12.1 Å². The molecule has 0 bridgehead atoms. The standard InChI is InChI=1S/C9H10N2O2/c1-5-3-4-6-7(8(5)12)11-9(10-6)13-2/h3-4,12H,1-2H3,(H,10,11). The van der Waals surface area contributed by atoms with E-state index in [1.54, 1.807) is 0 Å². The molecule has 0 fully saturated rings. The number of imidazole rings is 1. The summed E-state index contributed by atoms with van der Waals surface area (Å²) in [4.78, 5) is 6.98. The lowest BCUT2D eigenvalue weighted by Gasteiger charge is -1.96. The highest BCUT2D eigenvalue weighted by molar-refractivity contribution is 5.83. The second-order valence-electron chi connectivity index (χ2n) is 2.87. The van der Waals surface area contributed by atoms with E-state index < -0.39 is 0 Å². The summed E-state index contributed by atoms with van der Waals surface area (Å²) in [6, 6.07) is 4.10. The van der Waals surface area contributed by atoms with Crippen LogP contribution in [0.25, 0.3) is 11.0 Å². The Bertz CT molecular complexity index is 448. The third kappa shape index (κ3) is 1.11.